The molecule has 1 aromatic carbocycles. The minimum absolute atomic E-state index is 0.0477. The van der Waals surface area contributed by atoms with E-state index in [2.05, 4.69) is 0 Å². The lowest BCUT2D eigenvalue weighted by Gasteiger charge is -2.41. The highest BCUT2D eigenvalue weighted by Gasteiger charge is 2.42. The zero-order valence-corrected chi connectivity index (χ0v) is 14.1. The van der Waals surface area contributed by atoms with Gasteiger partial charge in [0.1, 0.15) is 5.82 Å². The predicted octanol–water partition coefficient (Wildman–Crippen LogP) is 2.53. The van der Waals surface area contributed by atoms with Crippen molar-refractivity contribution in [3.05, 3.63) is 35.6 Å². The molecule has 3 rings (SSSR count). The summed E-state index contributed by atoms with van der Waals surface area (Å²) < 4.78 is 39.9. The summed E-state index contributed by atoms with van der Waals surface area (Å²) in [5, 5.41) is 9.86. The first-order valence-electron chi connectivity index (χ1n) is 8.26. The van der Waals surface area contributed by atoms with Crippen LogP contribution in [0, 0.1) is 17.2 Å². The number of sulfonamides is 1. The second-order valence-electron chi connectivity index (χ2n) is 7.13. The summed E-state index contributed by atoms with van der Waals surface area (Å²) in [4.78, 5) is 0. The molecular formula is C17H24FNO3S. The van der Waals surface area contributed by atoms with E-state index in [9.17, 15) is 17.9 Å². The van der Waals surface area contributed by atoms with Gasteiger partial charge in [-0.05, 0) is 42.9 Å². The quantitative estimate of drug-likeness (QED) is 0.865. The number of piperidine rings is 1. The van der Waals surface area contributed by atoms with Crippen LogP contribution in [0.15, 0.2) is 24.3 Å². The molecule has 1 saturated carbocycles. The third-order valence-electron chi connectivity index (χ3n) is 5.04. The van der Waals surface area contributed by atoms with E-state index in [0.29, 0.717) is 24.6 Å². The lowest BCUT2D eigenvalue weighted by atomic mass is 9.77. The van der Waals surface area contributed by atoms with Gasteiger partial charge in [0.2, 0.25) is 10.0 Å². The molecule has 0 bridgehead atoms. The fraction of sp³-hybridized carbons (Fsp3) is 0.647. The van der Waals surface area contributed by atoms with E-state index in [1.54, 1.807) is 0 Å². The van der Waals surface area contributed by atoms with Crippen molar-refractivity contribution in [3.63, 3.8) is 0 Å². The van der Waals surface area contributed by atoms with Crippen LogP contribution < -0.4 is 0 Å². The Morgan fingerprint density at radius 3 is 2.57 bits per heavy atom. The summed E-state index contributed by atoms with van der Waals surface area (Å²) in [6.07, 6.45) is 5.00. The van der Waals surface area contributed by atoms with Crippen molar-refractivity contribution in [2.24, 2.45) is 11.3 Å². The molecule has 0 aromatic heterocycles. The monoisotopic (exact) mass is 341 g/mol. The number of nitrogens with zero attached hydrogens (tertiary/aromatic N) is 1. The van der Waals surface area contributed by atoms with Crippen LogP contribution in [-0.2, 0) is 15.8 Å². The van der Waals surface area contributed by atoms with Crippen LogP contribution in [0.1, 0.15) is 37.7 Å². The Morgan fingerprint density at radius 1 is 1.26 bits per heavy atom. The third-order valence-corrected chi connectivity index (χ3v) is 6.83. The van der Waals surface area contributed by atoms with Crippen molar-refractivity contribution < 1.29 is 17.9 Å². The molecule has 2 aliphatic rings. The minimum Gasteiger partial charge on any atom is -0.396 e. The van der Waals surface area contributed by atoms with Crippen LogP contribution in [-0.4, -0.2) is 37.5 Å². The molecule has 1 aliphatic heterocycles. The molecule has 1 heterocycles. The van der Waals surface area contributed by atoms with Gasteiger partial charge in [0.15, 0.2) is 0 Å². The van der Waals surface area contributed by atoms with E-state index in [-0.39, 0.29) is 23.6 Å². The normalized spacial score (nSPS) is 26.3. The second-order valence-corrected chi connectivity index (χ2v) is 9.09. The summed E-state index contributed by atoms with van der Waals surface area (Å²) in [6.45, 7) is 0.964. The predicted molar refractivity (Wildman–Crippen MR) is 86.7 cm³/mol. The van der Waals surface area contributed by atoms with Crippen molar-refractivity contribution in [3.8, 4) is 0 Å². The maximum atomic E-state index is 13.0. The average Bonchev–Trinajstić information content (AvgIpc) is 3.33. The highest BCUT2D eigenvalue weighted by atomic mass is 32.2. The first kappa shape index (κ1) is 16.9. The molecular weight excluding hydrogens is 317 g/mol. The number of hydrogen-bond acceptors (Lipinski definition) is 3. The number of benzene rings is 1. The van der Waals surface area contributed by atoms with Gasteiger partial charge in [-0.15, -0.1) is 0 Å². The molecule has 128 valence electrons. The number of rotatable bonds is 6. The maximum absolute atomic E-state index is 13.0. The lowest BCUT2D eigenvalue weighted by molar-refractivity contribution is 0.0514. The molecule has 6 heteroatoms. The van der Waals surface area contributed by atoms with E-state index in [1.165, 1.54) is 41.4 Å². The molecule has 23 heavy (non-hydrogen) atoms. The first-order valence-corrected chi connectivity index (χ1v) is 9.87. The number of aliphatic hydroxyl groups is 1. The molecule has 1 unspecified atom stereocenters. The highest BCUT2D eigenvalue weighted by molar-refractivity contribution is 7.88. The van der Waals surface area contributed by atoms with E-state index in [1.807, 2.05) is 0 Å². The Labute approximate surface area is 137 Å². The summed E-state index contributed by atoms with van der Waals surface area (Å²) in [6, 6.07) is 5.60. The van der Waals surface area contributed by atoms with E-state index in [4.69, 9.17) is 0 Å². The SMILES string of the molecule is O=S(=O)(Cc1ccc(F)cc1)N1CCCC(CO)(CC2CC2)C1. The third kappa shape index (κ3) is 4.11. The average molecular weight is 341 g/mol. The topological polar surface area (TPSA) is 57.6 Å². The fourth-order valence-electron chi connectivity index (χ4n) is 3.58. The van der Waals surface area contributed by atoms with Crippen LogP contribution in [0.4, 0.5) is 4.39 Å². The number of aliphatic hydroxyl groups excluding tert-OH is 1. The van der Waals surface area contributed by atoms with Gasteiger partial charge in [-0.25, -0.2) is 17.1 Å². The summed E-state index contributed by atoms with van der Waals surface area (Å²) >= 11 is 0. The van der Waals surface area contributed by atoms with E-state index >= 15 is 0 Å². The van der Waals surface area contributed by atoms with Crippen molar-refractivity contribution in [2.45, 2.75) is 37.9 Å². The van der Waals surface area contributed by atoms with Gasteiger partial charge >= 0.3 is 0 Å². The zero-order chi connectivity index (χ0) is 16.5. The minimum atomic E-state index is -3.45. The molecule has 1 N–H and O–H groups in total. The smallest absolute Gasteiger partial charge is 0.218 e. The molecule has 1 saturated heterocycles. The van der Waals surface area contributed by atoms with Crippen LogP contribution in [0.3, 0.4) is 0 Å². The molecule has 0 spiro atoms. The van der Waals surface area contributed by atoms with E-state index < -0.39 is 10.0 Å². The molecule has 0 amide bonds. The lowest BCUT2D eigenvalue weighted by Crippen LogP contribution is -2.48. The Balaban J connectivity index is 1.72. The molecule has 1 atom stereocenters. The maximum Gasteiger partial charge on any atom is 0.218 e. The standard InChI is InChI=1S/C17H24FNO3S/c18-16-6-4-15(5-7-16)11-23(21,22)19-9-1-8-17(12-19,13-20)10-14-2-3-14/h4-7,14,20H,1-3,8-13H2. The summed E-state index contributed by atoms with van der Waals surface area (Å²) in [5.41, 5.74) is 0.309. The Bertz CT molecular complexity index is 642. The number of hydrogen-bond donors (Lipinski definition) is 1. The Morgan fingerprint density at radius 2 is 1.96 bits per heavy atom. The van der Waals surface area contributed by atoms with E-state index in [0.717, 1.165) is 19.3 Å². The summed E-state index contributed by atoms with van der Waals surface area (Å²) in [7, 11) is -3.45. The van der Waals surface area contributed by atoms with Crippen molar-refractivity contribution >= 4 is 10.0 Å². The highest BCUT2D eigenvalue weighted by Crippen LogP contribution is 2.44. The van der Waals surface area contributed by atoms with Gasteiger partial charge in [-0.2, -0.15) is 0 Å². The van der Waals surface area contributed by atoms with Gasteiger partial charge in [-0.3, -0.25) is 0 Å². The Kier molecular flexibility index (Phi) is 4.76. The molecule has 1 aliphatic carbocycles. The molecule has 0 radical (unpaired) electrons. The molecule has 1 aromatic rings. The van der Waals surface area contributed by atoms with Gasteiger partial charge < -0.3 is 5.11 Å². The molecule has 4 nitrogen and oxygen atoms in total. The van der Waals surface area contributed by atoms with Crippen molar-refractivity contribution in [1.82, 2.24) is 4.31 Å². The largest absolute Gasteiger partial charge is 0.396 e. The summed E-state index contributed by atoms with van der Waals surface area (Å²) in [5.74, 6) is 0.174. The zero-order valence-electron chi connectivity index (χ0n) is 13.2. The fourth-order valence-corrected chi connectivity index (χ4v) is 5.25. The van der Waals surface area contributed by atoms with Crippen molar-refractivity contribution in [2.75, 3.05) is 19.7 Å². The van der Waals surface area contributed by atoms with Crippen LogP contribution >= 0.6 is 0 Å². The van der Waals surface area contributed by atoms with Gasteiger partial charge in [0.25, 0.3) is 0 Å². The second kappa shape index (κ2) is 6.49. The Hall–Kier alpha value is -0.980. The van der Waals surface area contributed by atoms with Crippen LogP contribution in [0.2, 0.25) is 0 Å². The number of halogens is 1. The van der Waals surface area contributed by atoms with Gasteiger partial charge in [0.05, 0.1) is 5.75 Å². The molecule has 2 fully saturated rings. The van der Waals surface area contributed by atoms with Gasteiger partial charge in [-0.1, -0.05) is 25.0 Å². The first-order chi connectivity index (χ1) is 10.9. The van der Waals surface area contributed by atoms with Crippen LogP contribution in [0.5, 0.6) is 0 Å². The van der Waals surface area contributed by atoms with Crippen molar-refractivity contribution in [1.29, 1.82) is 0 Å². The van der Waals surface area contributed by atoms with Gasteiger partial charge in [0, 0.05) is 25.1 Å². The van der Waals surface area contributed by atoms with Crippen LogP contribution in [0.25, 0.3) is 0 Å².